The lowest BCUT2D eigenvalue weighted by molar-refractivity contribution is -0.155. The second-order valence-corrected chi connectivity index (χ2v) is 21.3. The van der Waals surface area contributed by atoms with Crippen molar-refractivity contribution in [1.29, 1.82) is 0 Å². The Balaban J connectivity index is 1.22. The highest BCUT2D eigenvalue weighted by atomic mass is 19.4. The number of aromatic nitrogens is 2. The summed E-state index contributed by atoms with van der Waals surface area (Å²) >= 11 is 0. The molecule has 3 aliphatic heterocycles. The van der Waals surface area contributed by atoms with E-state index in [-0.39, 0.29) is 55.8 Å². The van der Waals surface area contributed by atoms with Gasteiger partial charge in [-0.05, 0) is 111 Å². The number of hydrogen-bond acceptors (Lipinski definition) is 9. The zero-order chi connectivity index (χ0) is 50.9. The minimum absolute atomic E-state index is 0.0507. The van der Waals surface area contributed by atoms with Crippen molar-refractivity contribution in [1.82, 2.24) is 35.1 Å². The molecule has 4 aromatic rings. The Hall–Kier alpha value is -5.76. The number of esters is 1. The number of carbonyl (C=O) groups excluding carboxylic acids is 4. The molecule has 0 unspecified atom stereocenters. The van der Waals surface area contributed by atoms with Gasteiger partial charge in [0.15, 0.2) is 0 Å². The summed E-state index contributed by atoms with van der Waals surface area (Å²) < 4.78 is 57.5. The third-order valence-electron chi connectivity index (χ3n) is 13.8. The van der Waals surface area contributed by atoms with Crippen LogP contribution in [0.4, 0.5) is 13.2 Å². The Morgan fingerprint density at radius 3 is 2.44 bits per heavy atom. The lowest BCUT2D eigenvalue weighted by atomic mass is 9.83. The van der Waals surface area contributed by atoms with Crippen molar-refractivity contribution in [2.45, 2.75) is 123 Å². The number of benzene rings is 2. The molecule has 70 heavy (non-hydrogen) atoms. The number of alkyl halides is 3. The van der Waals surface area contributed by atoms with E-state index in [0.717, 1.165) is 16.7 Å². The molecule has 3 amide bonds. The first-order valence-electron chi connectivity index (χ1n) is 24.3. The number of fused-ring (bicyclic) bond motifs is 6. The average Bonchev–Trinajstić information content (AvgIpc) is 3.56. The van der Waals surface area contributed by atoms with Crippen molar-refractivity contribution in [3.05, 3.63) is 77.6 Å². The SMILES string of the molecule is CC(C)c1ncccc1-c1c2c3cc(ccc3n1CC(F)(F)F)-c1cccc(c1)C[C@H](NC(=O)[C@@H](COC1CN(C(=O)C#CC(C)(C)N(C)C)C1)C(C)C)C(=O)N1CCC[C@H](N1)C(=O)OCC(C)(C)C2. The number of pyridine rings is 1. The van der Waals surface area contributed by atoms with E-state index in [2.05, 4.69) is 27.6 Å². The number of cyclic esters (lactones) is 1. The summed E-state index contributed by atoms with van der Waals surface area (Å²) in [6, 6.07) is 14.7. The third kappa shape index (κ3) is 12.0. The molecule has 0 spiro atoms. The van der Waals surface area contributed by atoms with Gasteiger partial charge >= 0.3 is 12.1 Å². The van der Waals surface area contributed by atoms with Crippen molar-refractivity contribution in [3.8, 4) is 34.2 Å². The Bertz CT molecular complexity index is 2660. The predicted octanol–water partition coefficient (Wildman–Crippen LogP) is 7.55. The van der Waals surface area contributed by atoms with Gasteiger partial charge < -0.3 is 24.3 Å². The highest BCUT2D eigenvalue weighted by molar-refractivity contribution is 5.96. The van der Waals surface area contributed by atoms with Crippen molar-refractivity contribution in [3.63, 3.8) is 0 Å². The van der Waals surface area contributed by atoms with Crippen LogP contribution < -0.4 is 10.7 Å². The lowest BCUT2D eigenvalue weighted by Crippen LogP contribution is -2.61. The van der Waals surface area contributed by atoms with Crippen molar-refractivity contribution >= 4 is 34.6 Å². The number of halogens is 3. The maximum absolute atomic E-state index is 14.7. The van der Waals surface area contributed by atoms with Gasteiger partial charge in [-0.25, -0.2) is 5.43 Å². The summed E-state index contributed by atoms with van der Waals surface area (Å²) in [4.78, 5) is 63.8. The molecular weight excluding hydrogens is 900 g/mol. The van der Waals surface area contributed by atoms with Gasteiger partial charge in [-0.1, -0.05) is 77.8 Å². The quantitative estimate of drug-likeness (QED) is 0.122. The molecule has 16 heteroatoms. The first-order valence-corrected chi connectivity index (χ1v) is 24.3. The first kappa shape index (κ1) is 52.1. The molecule has 13 nitrogen and oxygen atoms in total. The van der Waals surface area contributed by atoms with Gasteiger partial charge in [-0.15, -0.1) is 0 Å². The number of likely N-dealkylation sites (tertiary alicyclic amines) is 1. The highest BCUT2D eigenvalue weighted by Gasteiger charge is 2.39. The van der Waals surface area contributed by atoms with Gasteiger partial charge in [-0.3, -0.25) is 34.1 Å². The fourth-order valence-electron chi connectivity index (χ4n) is 9.22. The van der Waals surface area contributed by atoms with Crippen LogP contribution in [0, 0.1) is 29.1 Å². The van der Waals surface area contributed by atoms with Crippen molar-refractivity contribution in [2.75, 3.05) is 46.9 Å². The van der Waals surface area contributed by atoms with Crippen LogP contribution in [-0.2, 0) is 48.0 Å². The summed E-state index contributed by atoms with van der Waals surface area (Å²) in [5.74, 6) is 3.21. The zero-order valence-electron chi connectivity index (χ0n) is 42.1. The number of rotatable bonds is 10. The van der Waals surface area contributed by atoms with Crippen molar-refractivity contribution < 1.29 is 41.8 Å². The smallest absolute Gasteiger partial charge is 0.406 e. The normalized spacial score (nSPS) is 19.7. The van der Waals surface area contributed by atoms with Crippen molar-refractivity contribution in [2.24, 2.45) is 17.3 Å². The molecular formula is C54H68F3N7O6. The number of ether oxygens (including phenoxy) is 2. The van der Waals surface area contributed by atoms with Crippen LogP contribution in [-0.4, -0.2) is 125 Å². The number of carbonyl (C=O) groups is 4. The van der Waals surface area contributed by atoms with E-state index in [0.29, 0.717) is 65.9 Å². The summed E-state index contributed by atoms with van der Waals surface area (Å²) in [6.45, 7) is 15.2. The summed E-state index contributed by atoms with van der Waals surface area (Å²) in [7, 11) is 3.80. The molecule has 0 aliphatic carbocycles. The van der Waals surface area contributed by atoms with Crippen LogP contribution in [0.1, 0.15) is 91.0 Å². The number of hydrogen-bond donors (Lipinski definition) is 2. The number of nitrogens with zero attached hydrogens (tertiary/aromatic N) is 5. The number of hydrazine groups is 1. The Labute approximate surface area is 409 Å². The maximum Gasteiger partial charge on any atom is 0.406 e. The van der Waals surface area contributed by atoms with E-state index in [9.17, 15) is 32.3 Å². The molecule has 2 aromatic heterocycles. The summed E-state index contributed by atoms with van der Waals surface area (Å²) in [5, 5.41) is 5.09. The van der Waals surface area contributed by atoms with E-state index in [1.807, 2.05) is 117 Å². The van der Waals surface area contributed by atoms with Gasteiger partial charge in [0.25, 0.3) is 11.8 Å². The molecule has 2 saturated heterocycles. The Kier molecular flexibility index (Phi) is 15.6. The Morgan fingerprint density at radius 2 is 1.76 bits per heavy atom. The zero-order valence-corrected chi connectivity index (χ0v) is 42.1. The van der Waals surface area contributed by atoms with E-state index < -0.39 is 53.6 Å². The fraction of sp³-hybridized carbons (Fsp3) is 0.537. The topological polar surface area (TPSA) is 138 Å². The summed E-state index contributed by atoms with van der Waals surface area (Å²) in [6.07, 6.45) is -1.92. The van der Waals surface area contributed by atoms with Gasteiger partial charge in [0, 0.05) is 54.1 Å². The fourth-order valence-corrected chi connectivity index (χ4v) is 9.22. The van der Waals surface area contributed by atoms with Gasteiger partial charge in [0.05, 0.1) is 42.2 Å². The molecule has 5 heterocycles. The van der Waals surface area contributed by atoms with E-state index in [1.165, 1.54) is 9.58 Å². The van der Waals surface area contributed by atoms with E-state index in [1.54, 1.807) is 23.2 Å². The highest BCUT2D eigenvalue weighted by Crippen LogP contribution is 2.43. The van der Waals surface area contributed by atoms with Crippen LogP contribution in [0.3, 0.4) is 0 Å². The van der Waals surface area contributed by atoms with E-state index >= 15 is 0 Å². The lowest BCUT2D eigenvalue weighted by Gasteiger charge is -2.39. The molecule has 3 atom stereocenters. The van der Waals surface area contributed by atoms with Crippen LogP contribution in [0.15, 0.2) is 60.8 Å². The van der Waals surface area contributed by atoms with Crippen LogP contribution in [0.2, 0.25) is 0 Å². The van der Waals surface area contributed by atoms with Crippen LogP contribution in [0.25, 0.3) is 33.3 Å². The predicted molar refractivity (Wildman–Crippen MR) is 263 cm³/mol. The van der Waals surface area contributed by atoms with Gasteiger partial charge in [-0.2, -0.15) is 13.2 Å². The molecule has 3 aliphatic rings. The second kappa shape index (κ2) is 20.9. The number of nitrogens with one attached hydrogen (secondary N) is 2. The van der Waals surface area contributed by atoms with Gasteiger partial charge in [0.2, 0.25) is 5.91 Å². The van der Waals surface area contributed by atoms with Gasteiger partial charge in [0.1, 0.15) is 18.6 Å². The molecule has 6 bridgehead atoms. The van der Waals surface area contributed by atoms with Crippen LogP contribution >= 0.6 is 0 Å². The minimum atomic E-state index is -4.55. The molecule has 7 rings (SSSR count). The molecule has 2 aromatic carbocycles. The largest absolute Gasteiger partial charge is 0.464 e. The third-order valence-corrected chi connectivity index (χ3v) is 13.8. The molecule has 0 radical (unpaired) electrons. The standard InChI is InChI=1S/C54H68F3N7O6/c1-33(2)42(30-69-38-28-62(29-38)46(65)20-21-53(7,8)61(9)10)49(66)59-44-25-35-14-11-15-36(24-35)37-18-19-45-40(26-37)41(27-52(5,6)32-70-51(68)43-17-13-23-64(60-43)50(44)67)48(63(45)31-54(55,56)57)39-16-12-22-58-47(39)34(3)4/h11-12,14-16,18-19,22,24,26,33-34,38,42-44,60H,13,17,23,25,27-32H2,1-10H3,(H,59,66)/t42-,43-,44-/m0/s1. The monoisotopic (exact) mass is 968 g/mol. The Morgan fingerprint density at radius 1 is 1.03 bits per heavy atom. The summed E-state index contributed by atoms with van der Waals surface area (Å²) in [5.41, 5.74) is 6.91. The second-order valence-electron chi connectivity index (χ2n) is 21.3. The molecule has 0 saturated carbocycles. The maximum atomic E-state index is 14.7. The molecule has 2 fully saturated rings. The average molecular weight is 968 g/mol. The first-order chi connectivity index (χ1) is 32.9. The van der Waals surface area contributed by atoms with E-state index in [4.69, 9.17) is 9.47 Å². The number of amides is 3. The minimum Gasteiger partial charge on any atom is -0.464 e. The molecule has 376 valence electrons. The molecule has 2 N–H and O–H groups in total. The van der Waals surface area contributed by atoms with Crippen LogP contribution in [0.5, 0.6) is 0 Å².